The molecule has 0 aliphatic carbocycles. The standard InChI is InChI=1S/C13H8N4O/c14-7-9-2-1-5-17-13(9)18-12-4-3-11(16)6-10(12)8-15/h1-6H,16H2. The van der Waals surface area contributed by atoms with E-state index in [0.717, 1.165) is 0 Å². The number of aromatic nitrogens is 1. The Balaban J connectivity index is 2.41. The first kappa shape index (κ1) is 11.4. The van der Waals surface area contributed by atoms with E-state index in [1.807, 2.05) is 12.1 Å². The van der Waals surface area contributed by atoms with Gasteiger partial charge in [-0.15, -0.1) is 0 Å². The third-order valence-electron chi connectivity index (χ3n) is 2.22. The molecule has 5 heteroatoms. The second-order valence-electron chi connectivity index (χ2n) is 3.44. The number of hydrogen-bond donors (Lipinski definition) is 1. The Kier molecular flexibility index (Phi) is 3.08. The number of anilines is 1. The minimum Gasteiger partial charge on any atom is -0.436 e. The fraction of sp³-hybridized carbons (Fsp3) is 0. The quantitative estimate of drug-likeness (QED) is 0.806. The first-order chi connectivity index (χ1) is 8.74. The molecule has 0 aliphatic rings. The molecular formula is C13H8N4O. The van der Waals surface area contributed by atoms with Crippen LogP contribution in [0.25, 0.3) is 0 Å². The molecular weight excluding hydrogens is 228 g/mol. The zero-order valence-corrected chi connectivity index (χ0v) is 9.29. The van der Waals surface area contributed by atoms with Gasteiger partial charge in [0.05, 0.1) is 5.56 Å². The minimum atomic E-state index is 0.168. The molecule has 0 unspecified atom stereocenters. The van der Waals surface area contributed by atoms with Gasteiger partial charge < -0.3 is 10.5 Å². The van der Waals surface area contributed by atoms with Crippen LogP contribution in [0, 0.1) is 22.7 Å². The average Bonchev–Trinajstić information content (AvgIpc) is 2.41. The zero-order chi connectivity index (χ0) is 13.0. The summed E-state index contributed by atoms with van der Waals surface area (Å²) in [5.74, 6) is 0.489. The van der Waals surface area contributed by atoms with Crippen LogP contribution in [0.1, 0.15) is 11.1 Å². The number of pyridine rings is 1. The first-order valence-corrected chi connectivity index (χ1v) is 5.07. The molecule has 1 heterocycles. The fourth-order valence-electron chi connectivity index (χ4n) is 1.39. The molecule has 86 valence electrons. The monoisotopic (exact) mass is 236 g/mol. The summed E-state index contributed by atoms with van der Waals surface area (Å²) < 4.78 is 5.47. The Bertz CT molecular complexity index is 667. The van der Waals surface area contributed by atoms with Crippen molar-refractivity contribution in [1.29, 1.82) is 10.5 Å². The smallest absolute Gasteiger partial charge is 0.237 e. The van der Waals surface area contributed by atoms with Crippen LogP contribution < -0.4 is 10.5 Å². The third kappa shape index (κ3) is 2.21. The van der Waals surface area contributed by atoms with Gasteiger partial charge in [0.2, 0.25) is 5.88 Å². The van der Waals surface area contributed by atoms with Crippen molar-refractivity contribution in [3.63, 3.8) is 0 Å². The van der Waals surface area contributed by atoms with Crippen molar-refractivity contribution in [2.24, 2.45) is 0 Å². The number of nitrogens with zero attached hydrogens (tertiary/aromatic N) is 3. The van der Waals surface area contributed by atoms with Crippen molar-refractivity contribution < 1.29 is 4.74 Å². The number of ether oxygens (including phenoxy) is 1. The van der Waals surface area contributed by atoms with Gasteiger partial charge in [0.1, 0.15) is 23.5 Å². The zero-order valence-electron chi connectivity index (χ0n) is 9.29. The lowest BCUT2D eigenvalue weighted by molar-refractivity contribution is 0.460. The van der Waals surface area contributed by atoms with Crippen LogP contribution in [0.5, 0.6) is 11.6 Å². The van der Waals surface area contributed by atoms with Gasteiger partial charge >= 0.3 is 0 Å². The molecule has 0 saturated carbocycles. The van der Waals surface area contributed by atoms with Crippen LogP contribution in [-0.2, 0) is 0 Å². The van der Waals surface area contributed by atoms with Crippen molar-refractivity contribution in [2.75, 3.05) is 5.73 Å². The molecule has 0 fully saturated rings. The fourth-order valence-corrected chi connectivity index (χ4v) is 1.39. The lowest BCUT2D eigenvalue weighted by Gasteiger charge is -2.07. The molecule has 0 amide bonds. The Hall–Kier alpha value is -3.05. The van der Waals surface area contributed by atoms with Crippen LogP contribution in [0.2, 0.25) is 0 Å². The Morgan fingerprint density at radius 1 is 1.11 bits per heavy atom. The molecule has 0 saturated heterocycles. The topological polar surface area (TPSA) is 95.7 Å². The summed E-state index contributed by atoms with van der Waals surface area (Å²) in [7, 11) is 0. The summed E-state index contributed by atoms with van der Waals surface area (Å²) in [6, 6.07) is 11.9. The number of nitrogen functional groups attached to an aromatic ring is 1. The first-order valence-electron chi connectivity index (χ1n) is 5.07. The van der Waals surface area contributed by atoms with E-state index in [9.17, 15) is 0 Å². The predicted octanol–water partition coefficient (Wildman–Crippen LogP) is 2.20. The van der Waals surface area contributed by atoms with Gasteiger partial charge in [-0.1, -0.05) is 0 Å². The van der Waals surface area contributed by atoms with Crippen LogP contribution >= 0.6 is 0 Å². The van der Waals surface area contributed by atoms with Crippen molar-refractivity contribution in [2.45, 2.75) is 0 Å². The second-order valence-corrected chi connectivity index (χ2v) is 3.44. The molecule has 5 nitrogen and oxygen atoms in total. The molecule has 2 rings (SSSR count). The number of hydrogen-bond acceptors (Lipinski definition) is 5. The summed E-state index contributed by atoms with van der Waals surface area (Å²) in [6.07, 6.45) is 1.51. The Morgan fingerprint density at radius 3 is 2.61 bits per heavy atom. The normalized spacial score (nSPS) is 9.22. The molecule has 0 radical (unpaired) electrons. The average molecular weight is 236 g/mol. The lowest BCUT2D eigenvalue weighted by Crippen LogP contribution is -1.94. The SMILES string of the molecule is N#Cc1cc(N)ccc1Oc1ncccc1C#N. The molecule has 0 aliphatic heterocycles. The lowest BCUT2D eigenvalue weighted by atomic mass is 10.2. The molecule has 0 atom stereocenters. The maximum absolute atomic E-state index is 8.98. The summed E-state index contributed by atoms with van der Waals surface area (Å²) in [4.78, 5) is 3.96. The highest BCUT2D eigenvalue weighted by molar-refractivity contribution is 5.54. The number of nitriles is 2. The summed E-state index contributed by atoms with van der Waals surface area (Å²) in [5, 5.41) is 17.9. The van der Waals surface area contributed by atoms with E-state index in [0.29, 0.717) is 22.6 Å². The highest BCUT2D eigenvalue weighted by Gasteiger charge is 2.09. The molecule has 18 heavy (non-hydrogen) atoms. The van der Waals surface area contributed by atoms with E-state index in [-0.39, 0.29) is 5.88 Å². The molecule has 1 aromatic carbocycles. The van der Waals surface area contributed by atoms with Crippen LogP contribution in [0.15, 0.2) is 36.5 Å². The van der Waals surface area contributed by atoms with Gasteiger partial charge in [-0.3, -0.25) is 0 Å². The van der Waals surface area contributed by atoms with E-state index in [4.69, 9.17) is 21.0 Å². The summed E-state index contributed by atoms with van der Waals surface area (Å²) in [5.41, 5.74) is 6.65. The van der Waals surface area contributed by atoms with E-state index in [1.54, 1.807) is 24.3 Å². The van der Waals surface area contributed by atoms with Crippen LogP contribution in [-0.4, -0.2) is 4.98 Å². The molecule has 2 aromatic rings. The highest BCUT2D eigenvalue weighted by atomic mass is 16.5. The predicted molar refractivity (Wildman–Crippen MR) is 64.6 cm³/mol. The van der Waals surface area contributed by atoms with E-state index in [1.165, 1.54) is 12.3 Å². The largest absolute Gasteiger partial charge is 0.436 e. The van der Waals surface area contributed by atoms with Crippen molar-refractivity contribution in [3.8, 4) is 23.8 Å². The van der Waals surface area contributed by atoms with Crippen molar-refractivity contribution >= 4 is 5.69 Å². The number of benzene rings is 1. The highest BCUT2D eigenvalue weighted by Crippen LogP contribution is 2.27. The minimum absolute atomic E-state index is 0.168. The van der Waals surface area contributed by atoms with E-state index in [2.05, 4.69) is 4.98 Å². The summed E-state index contributed by atoms with van der Waals surface area (Å²) in [6.45, 7) is 0. The van der Waals surface area contributed by atoms with E-state index < -0.39 is 0 Å². The Morgan fingerprint density at radius 2 is 1.89 bits per heavy atom. The van der Waals surface area contributed by atoms with Crippen LogP contribution in [0.3, 0.4) is 0 Å². The van der Waals surface area contributed by atoms with Gasteiger partial charge in [0, 0.05) is 11.9 Å². The Labute approximate surface area is 104 Å². The van der Waals surface area contributed by atoms with Gasteiger partial charge in [-0.2, -0.15) is 10.5 Å². The maximum Gasteiger partial charge on any atom is 0.237 e. The van der Waals surface area contributed by atoms with Gasteiger partial charge in [0.25, 0.3) is 0 Å². The van der Waals surface area contributed by atoms with Gasteiger partial charge in [-0.05, 0) is 30.3 Å². The maximum atomic E-state index is 8.98. The molecule has 1 aromatic heterocycles. The van der Waals surface area contributed by atoms with Gasteiger partial charge in [-0.25, -0.2) is 4.98 Å². The molecule has 0 spiro atoms. The second kappa shape index (κ2) is 4.86. The number of rotatable bonds is 2. The third-order valence-corrected chi connectivity index (χ3v) is 2.22. The van der Waals surface area contributed by atoms with E-state index >= 15 is 0 Å². The summed E-state index contributed by atoms with van der Waals surface area (Å²) >= 11 is 0. The van der Waals surface area contributed by atoms with Crippen molar-refractivity contribution in [3.05, 3.63) is 47.7 Å². The number of nitrogens with two attached hydrogens (primary N) is 1. The molecule has 2 N–H and O–H groups in total. The van der Waals surface area contributed by atoms with Gasteiger partial charge in [0.15, 0.2) is 0 Å². The van der Waals surface area contributed by atoms with Crippen molar-refractivity contribution in [1.82, 2.24) is 4.98 Å². The molecule has 0 bridgehead atoms. The van der Waals surface area contributed by atoms with Crippen LogP contribution in [0.4, 0.5) is 5.69 Å².